The Bertz CT molecular complexity index is 276. The maximum Gasteiger partial charge on any atom is 0.0546 e. The Morgan fingerprint density at radius 3 is 2.94 bits per heavy atom. The van der Waals surface area contributed by atoms with Crippen LogP contribution >= 0.6 is 0 Å². The van der Waals surface area contributed by atoms with E-state index in [2.05, 4.69) is 17.1 Å². The molecular weight excluding hydrogens is 224 g/mol. The van der Waals surface area contributed by atoms with E-state index in [1.807, 2.05) is 0 Å². The number of piperidine rings is 1. The maximum absolute atomic E-state index is 5.81. The average molecular weight is 252 g/mol. The summed E-state index contributed by atoms with van der Waals surface area (Å²) in [6.07, 6.45) is 6.99. The van der Waals surface area contributed by atoms with Gasteiger partial charge in [-0.25, -0.2) is 0 Å². The third-order valence-electron chi connectivity index (χ3n) is 5.22. The van der Waals surface area contributed by atoms with Gasteiger partial charge in [0.25, 0.3) is 0 Å². The molecule has 0 aromatic carbocycles. The van der Waals surface area contributed by atoms with Gasteiger partial charge in [0.15, 0.2) is 0 Å². The van der Waals surface area contributed by atoms with E-state index in [1.165, 1.54) is 45.2 Å². The summed E-state index contributed by atoms with van der Waals surface area (Å²) in [6, 6.07) is 0.899. The first-order valence-corrected chi connectivity index (χ1v) is 7.84. The molecule has 3 aliphatic rings. The fraction of sp³-hybridized carbons (Fsp3) is 1.00. The third kappa shape index (κ3) is 2.59. The minimum absolute atomic E-state index is 0.388. The number of hydrogen-bond donors (Lipinski definition) is 1. The van der Waals surface area contributed by atoms with Crippen LogP contribution in [0.5, 0.6) is 0 Å². The molecule has 3 fully saturated rings. The molecular formula is C15H28N2O. The van der Waals surface area contributed by atoms with Crippen LogP contribution in [0.2, 0.25) is 0 Å². The predicted octanol–water partition coefficient (Wildman–Crippen LogP) is 1.88. The summed E-state index contributed by atoms with van der Waals surface area (Å²) < 4.78 is 5.81. The number of nitrogens with one attached hydrogen (secondary N) is 1. The van der Waals surface area contributed by atoms with Crippen molar-refractivity contribution in [3.63, 3.8) is 0 Å². The number of hydrogen-bond acceptors (Lipinski definition) is 3. The molecule has 2 aliphatic heterocycles. The predicted molar refractivity (Wildman–Crippen MR) is 73.7 cm³/mol. The lowest BCUT2D eigenvalue weighted by molar-refractivity contribution is -0.0304. The van der Waals surface area contributed by atoms with E-state index in [0.29, 0.717) is 5.41 Å². The smallest absolute Gasteiger partial charge is 0.0546 e. The van der Waals surface area contributed by atoms with Crippen molar-refractivity contribution in [2.75, 3.05) is 39.4 Å². The summed E-state index contributed by atoms with van der Waals surface area (Å²) in [5.41, 5.74) is 0.388. The van der Waals surface area contributed by atoms with E-state index in [-0.39, 0.29) is 0 Å². The molecule has 0 amide bonds. The molecule has 0 spiro atoms. The summed E-state index contributed by atoms with van der Waals surface area (Å²) in [6.45, 7) is 8.98. The Morgan fingerprint density at radius 2 is 2.33 bits per heavy atom. The van der Waals surface area contributed by atoms with Gasteiger partial charge in [0.05, 0.1) is 6.61 Å². The highest BCUT2D eigenvalue weighted by molar-refractivity contribution is 4.96. The molecule has 104 valence electrons. The molecule has 0 radical (unpaired) electrons. The van der Waals surface area contributed by atoms with Crippen molar-refractivity contribution in [3.8, 4) is 0 Å². The molecule has 1 aliphatic carbocycles. The monoisotopic (exact) mass is 252 g/mol. The summed E-state index contributed by atoms with van der Waals surface area (Å²) >= 11 is 0. The van der Waals surface area contributed by atoms with Crippen LogP contribution in [-0.2, 0) is 4.74 Å². The Balaban J connectivity index is 1.61. The highest BCUT2D eigenvalue weighted by Gasteiger charge is 2.42. The van der Waals surface area contributed by atoms with Crippen LogP contribution in [0.3, 0.4) is 0 Å². The molecule has 0 aromatic rings. The van der Waals surface area contributed by atoms with Crippen molar-refractivity contribution in [2.45, 2.75) is 45.1 Å². The quantitative estimate of drug-likeness (QED) is 0.808. The number of fused-ring (bicyclic) bond motifs is 2. The molecule has 3 unspecified atom stereocenters. The molecule has 18 heavy (non-hydrogen) atoms. The summed E-state index contributed by atoms with van der Waals surface area (Å²) in [7, 11) is 0. The minimum Gasteiger partial charge on any atom is -0.381 e. The average Bonchev–Trinajstić information content (AvgIpc) is 3.00. The number of ether oxygens (including phenoxy) is 1. The second kappa shape index (κ2) is 5.48. The molecule has 3 rings (SSSR count). The first-order valence-electron chi connectivity index (χ1n) is 7.84. The van der Waals surface area contributed by atoms with Crippen molar-refractivity contribution in [1.82, 2.24) is 10.2 Å². The fourth-order valence-corrected chi connectivity index (χ4v) is 4.27. The van der Waals surface area contributed by atoms with Crippen LogP contribution in [-0.4, -0.2) is 50.3 Å². The molecule has 0 aromatic heterocycles. The SMILES string of the molecule is CCNCC1(CN2CC3CCC2C3)CCCOC1. The van der Waals surface area contributed by atoms with Gasteiger partial charge < -0.3 is 10.1 Å². The fourth-order valence-electron chi connectivity index (χ4n) is 4.27. The Morgan fingerprint density at radius 1 is 1.39 bits per heavy atom. The van der Waals surface area contributed by atoms with Crippen molar-refractivity contribution >= 4 is 0 Å². The zero-order chi connectivity index (χ0) is 12.4. The van der Waals surface area contributed by atoms with Crippen molar-refractivity contribution in [2.24, 2.45) is 11.3 Å². The Labute approximate surface area is 111 Å². The van der Waals surface area contributed by atoms with Gasteiger partial charge in [0, 0.05) is 37.7 Å². The highest BCUT2D eigenvalue weighted by atomic mass is 16.5. The number of likely N-dealkylation sites (tertiary alicyclic amines) is 1. The first-order chi connectivity index (χ1) is 8.81. The van der Waals surface area contributed by atoms with E-state index in [0.717, 1.165) is 38.3 Å². The van der Waals surface area contributed by atoms with Crippen LogP contribution in [0.25, 0.3) is 0 Å². The van der Waals surface area contributed by atoms with Crippen LogP contribution in [0, 0.1) is 11.3 Å². The Hall–Kier alpha value is -0.120. The van der Waals surface area contributed by atoms with E-state index < -0.39 is 0 Å². The second-order valence-electron chi connectivity index (χ2n) is 6.70. The van der Waals surface area contributed by atoms with Crippen molar-refractivity contribution < 1.29 is 4.74 Å². The minimum atomic E-state index is 0.388. The van der Waals surface area contributed by atoms with Gasteiger partial charge in [-0.3, -0.25) is 4.90 Å². The number of rotatable bonds is 5. The maximum atomic E-state index is 5.81. The molecule has 2 saturated heterocycles. The zero-order valence-corrected chi connectivity index (χ0v) is 11.8. The van der Waals surface area contributed by atoms with E-state index in [4.69, 9.17) is 4.74 Å². The van der Waals surface area contributed by atoms with Gasteiger partial charge >= 0.3 is 0 Å². The van der Waals surface area contributed by atoms with Crippen LogP contribution in [0.4, 0.5) is 0 Å². The van der Waals surface area contributed by atoms with Gasteiger partial charge in [0.2, 0.25) is 0 Å². The van der Waals surface area contributed by atoms with Crippen LogP contribution < -0.4 is 5.32 Å². The topological polar surface area (TPSA) is 24.5 Å². The summed E-state index contributed by atoms with van der Waals surface area (Å²) in [4.78, 5) is 2.78. The van der Waals surface area contributed by atoms with Gasteiger partial charge in [-0.15, -0.1) is 0 Å². The molecule has 1 saturated carbocycles. The lowest BCUT2D eigenvalue weighted by Gasteiger charge is -2.42. The second-order valence-corrected chi connectivity index (χ2v) is 6.70. The summed E-state index contributed by atoms with van der Waals surface area (Å²) in [5.74, 6) is 1.01. The molecule has 3 atom stereocenters. The van der Waals surface area contributed by atoms with Gasteiger partial charge in [0.1, 0.15) is 0 Å². The lowest BCUT2D eigenvalue weighted by Crippen LogP contribution is -2.50. The molecule has 2 bridgehead atoms. The lowest BCUT2D eigenvalue weighted by atomic mass is 9.81. The van der Waals surface area contributed by atoms with Gasteiger partial charge in [-0.05, 0) is 44.6 Å². The van der Waals surface area contributed by atoms with Crippen LogP contribution in [0.1, 0.15) is 39.0 Å². The van der Waals surface area contributed by atoms with E-state index in [9.17, 15) is 0 Å². The molecule has 2 heterocycles. The van der Waals surface area contributed by atoms with E-state index in [1.54, 1.807) is 0 Å². The van der Waals surface area contributed by atoms with Crippen LogP contribution in [0.15, 0.2) is 0 Å². The summed E-state index contributed by atoms with van der Waals surface area (Å²) in [5, 5.41) is 3.57. The third-order valence-corrected chi connectivity index (χ3v) is 5.22. The highest BCUT2D eigenvalue weighted by Crippen LogP contribution is 2.40. The molecule has 3 heteroatoms. The molecule has 3 nitrogen and oxygen atoms in total. The van der Waals surface area contributed by atoms with Gasteiger partial charge in [-0.1, -0.05) is 6.92 Å². The molecule has 1 N–H and O–H groups in total. The van der Waals surface area contributed by atoms with E-state index >= 15 is 0 Å². The van der Waals surface area contributed by atoms with Crippen molar-refractivity contribution in [1.29, 1.82) is 0 Å². The Kier molecular flexibility index (Phi) is 3.92. The normalized spacial score (nSPS) is 40.5. The largest absolute Gasteiger partial charge is 0.381 e. The van der Waals surface area contributed by atoms with Gasteiger partial charge in [-0.2, -0.15) is 0 Å². The van der Waals surface area contributed by atoms with Crippen molar-refractivity contribution in [3.05, 3.63) is 0 Å². The zero-order valence-electron chi connectivity index (χ0n) is 11.8. The first kappa shape index (κ1) is 12.9. The number of nitrogens with zero attached hydrogens (tertiary/aromatic N) is 1. The standard InChI is InChI=1S/C15H28N2O/c1-2-16-10-15(6-3-7-18-12-15)11-17-9-13-4-5-14(17)8-13/h13-14,16H,2-12H2,1H3.